The summed E-state index contributed by atoms with van der Waals surface area (Å²) < 4.78 is 0. The molecule has 108 valence electrons. The fourth-order valence-electron chi connectivity index (χ4n) is 1.92. The standard InChI is InChI=1S/C17H18N2OS/c1-12-5-6-13(2)16(10-12)17(20)19-11-15-8-7-14(21-15)4-3-9-18/h5-8,10H,9,11,18H2,1-2H3,(H,19,20). The molecule has 0 aliphatic carbocycles. The van der Waals surface area contributed by atoms with E-state index in [9.17, 15) is 4.79 Å². The van der Waals surface area contributed by atoms with E-state index in [4.69, 9.17) is 5.73 Å². The first kappa shape index (κ1) is 15.3. The van der Waals surface area contributed by atoms with Crippen LogP contribution in [0.4, 0.5) is 0 Å². The molecule has 4 heteroatoms. The van der Waals surface area contributed by atoms with Gasteiger partial charge >= 0.3 is 0 Å². The number of aryl methyl sites for hydroxylation is 2. The first-order valence-corrected chi connectivity index (χ1v) is 7.55. The van der Waals surface area contributed by atoms with E-state index in [1.54, 1.807) is 11.3 Å². The number of amides is 1. The summed E-state index contributed by atoms with van der Waals surface area (Å²) in [5.74, 6) is 5.77. The van der Waals surface area contributed by atoms with E-state index < -0.39 is 0 Å². The lowest BCUT2D eigenvalue weighted by atomic mass is 10.1. The largest absolute Gasteiger partial charge is 0.347 e. The molecule has 1 heterocycles. The van der Waals surface area contributed by atoms with Gasteiger partial charge in [-0.1, -0.05) is 29.5 Å². The Kier molecular flexibility index (Phi) is 5.15. The van der Waals surface area contributed by atoms with Crippen LogP contribution in [0.25, 0.3) is 0 Å². The van der Waals surface area contributed by atoms with E-state index in [1.807, 2.05) is 44.2 Å². The number of carbonyl (C=O) groups is 1. The van der Waals surface area contributed by atoms with Crippen LogP contribution in [0, 0.1) is 25.7 Å². The average molecular weight is 298 g/mol. The number of hydrogen-bond donors (Lipinski definition) is 2. The van der Waals surface area contributed by atoms with Crippen molar-refractivity contribution in [3.63, 3.8) is 0 Å². The summed E-state index contributed by atoms with van der Waals surface area (Å²) in [7, 11) is 0. The van der Waals surface area contributed by atoms with E-state index in [-0.39, 0.29) is 5.91 Å². The molecular formula is C17H18N2OS. The Morgan fingerprint density at radius 2 is 2.10 bits per heavy atom. The Morgan fingerprint density at radius 1 is 1.29 bits per heavy atom. The smallest absolute Gasteiger partial charge is 0.251 e. The fourth-order valence-corrected chi connectivity index (χ4v) is 2.74. The molecule has 0 fully saturated rings. The minimum atomic E-state index is -0.0424. The number of rotatable bonds is 3. The zero-order valence-electron chi connectivity index (χ0n) is 12.2. The molecule has 3 nitrogen and oxygen atoms in total. The molecule has 0 aliphatic heterocycles. The van der Waals surface area contributed by atoms with Crippen LogP contribution in [0.3, 0.4) is 0 Å². The molecule has 3 N–H and O–H groups in total. The Hall–Kier alpha value is -2.09. The molecule has 0 saturated carbocycles. The van der Waals surface area contributed by atoms with Gasteiger partial charge in [-0.15, -0.1) is 11.3 Å². The number of thiophene rings is 1. The van der Waals surface area contributed by atoms with E-state index >= 15 is 0 Å². The molecule has 2 rings (SSSR count). The molecule has 0 unspecified atom stereocenters. The Morgan fingerprint density at radius 3 is 2.86 bits per heavy atom. The van der Waals surface area contributed by atoms with Gasteiger partial charge in [-0.2, -0.15) is 0 Å². The van der Waals surface area contributed by atoms with Gasteiger partial charge in [0.05, 0.1) is 18.0 Å². The number of hydrogen-bond acceptors (Lipinski definition) is 3. The van der Waals surface area contributed by atoms with Crippen LogP contribution in [0.15, 0.2) is 30.3 Å². The van der Waals surface area contributed by atoms with Crippen LogP contribution in [-0.4, -0.2) is 12.5 Å². The lowest BCUT2D eigenvalue weighted by Crippen LogP contribution is -2.23. The average Bonchev–Trinajstić information content (AvgIpc) is 2.93. The lowest BCUT2D eigenvalue weighted by Gasteiger charge is -2.07. The summed E-state index contributed by atoms with van der Waals surface area (Å²) in [6.07, 6.45) is 0. The quantitative estimate of drug-likeness (QED) is 0.856. The van der Waals surface area contributed by atoms with Crippen molar-refractivity contribution in [1.29, 1.82) is 0 Å². The van der Waals surface area contributed by atoms with Crippen molar-refractivity contribution in [2.24, 2.45) is 5.73 Å². The van der Waals surface area contributed by atoms with E-state index in [0.29, 0.717) is 13.1 Å². The molecule has 0 saturated heterocycles. The molecule has 1 aromatic carbocycles. The van der Waals surface area contributed by atoms with E-state index in [0.717, 1.165) is 26.4 Å². The predicted octanol–water partition coefficient (Wildman–Crippen LogP) is 2.61. The second-order valence-electron chi connectivity index (χ2n) is 4.77. The van der Waals surface area contributed by atoms with Gasteiger partial charge in [0.1, 0.15) is 0 Å². The molecule has 0 spiro atoms. The molecule has 1 aromatic heterocycles. The highest BCUT2D eigenvalue weighted by molar-refractivity contribution is 7.12. The van der Waals surface area contributed by atoms with Gasteiger partial charge in [-0.25, -0.2) is 0 Å². The summed E-state index contributed by atoms with van der Waals surface area (Å²) in [5, 5.41) is 2.95. The lowest BCUT2D eigenvalue weighted by molar-refractivity contribution is 0.0950. The zero-order valence-corrected chi connectivity index (χ0v) is 13.0. The van der Waals surface area contributed by atoms with Crippen molar-refractivity contribution in [2.45, 2.75) is 20.4 Å². The molecule has 1 amide bonds. The van der Waals surface area contributed by atoms with E-state index in [1.165, 1.54) is 0 Å². The van der Waals surface area contributed by atoms with Crippen molar-refractivity contribution < 1.29 is 4.79 Å². The van der Waals surface area contributed by atoms with Crippen molar-refractivity contribution in [1.82, 2.24) is 5.32 Å². The molecule has 0 atom stereocenters. The highest BCUT2D eigenvalue weighted by atomic mass is 32.1. The maximum atomic E-state index is 12.2. The third-order valence-corrected chi connectivity index (χ3v) is 4.04. The number of nitrogens with two attached hydrogens (primary N) is 1. The van der Waals surface area contributed by atoms with Crippen LogP contribution in [0.1, 0.15) is 31.2 Å². The minimum absolute atomic E-state index is 0.0424. The Bertz CT molecular complexity index is 707. The topological polar surface area (TPSA) is 55.1 Å². The van der Waals surface area contributed by atoms with Crippen LogP contribution >= 0.6 is 11.3 Å². The van der Waals surface area contributed by atoms with Crippen LogP contribution in [0.5, 0.6) is 0 Å². The van der Waals surface area contributed by atoms with Gasteiger partial charge in [0.15, 0.2) is 0 Å². The molecule has 0 bridgehead atoms. The van der Waals surface area contributed by atoms with Gasteiger partial charge in [0, 0.05) is 10.4 Å². The van der Waals surface area contributed by atoms with Gasteiger partial charge in [-0.05, 0) is 37.6 Å². The van der Waals surface area contributed by atoms with Crippen LogP contribution in [0.2, 0.25) is 0 Å². The summed E-state index contributed by atoms with van der Waals surface area (Å²) in [5.41, 5.74) is 8.15. The summed E-state index contributed by atoms with van der Waals surface area (Å²) >= 11 is 1.57. The predicted molar refractivity (Wildman–Crippen MR) is 87.3 cm³/mol. The number of nitrogens with one attached hydrogen (secondary N) is 1. The Balaban J connectivity index is 2.01. The molecule has 2 aromatic rings. The van der Waals surface area contributed by atoms with E-state index in [2.05, 4.69) is 17.2 Å². The fraction of sp³-hybridized carbons (Fsp3) is 0.235. The monoisotopic (exact) mass is 298 g/mol. The molecular weight excluding hydrogens is 280 g/mol. The summed E-state index contributed by atoms with van der Waals surface area (Å²) in [6.45, 7) is 4.80. The third kappa shape index (κ3) is 4.19. The summed E-state index contributed by atoms with van der Waals surface area (Å²) in [4.78, 5) is 14.3. The number of carbonyl (C=O) groups excluding carboxylic acids is 1. The Labute approximate surface area is 129 Å². The van der Waals surface area contributed by atoms with Crippen molar-refractivity contribution >= 4 is 17.2 Å². The maximum Gasteiger partial charge on any atom is 0.251 e. The highest BCUT2D eigenvalue weighted by Crippen LogP contribution is 2.16. The second kappa shape index (κ2) is 7.07. The second-order valence-corrected chi connectivity index (χ2v) is 5.94. The van der Waals surface area contributed by atoms with Gasteiger partial charge in [-0.3, -0.25) is 4.79 Å². The van der Waals surface area contributed by atoms with Gasteiger partial charge in [0.2, 0.25) is 0 Å². The minimum Gasteiger partial charge on any atom is -0.347 e. The van der Waals surface area contributed by atoms with Gasteiger partial charge in [0.25, 0.3) is 5.91 Å². The van der Waals surface area contributed by atoms with Crippen molar-refractivity contribution in [3.05, 3.63) is 56.8 Å². The van der Waals surface area contributed by atoms with Crippen molar-refractivity contribution in [3.8, 4) is 11.8 Å². The molecule has 0 aliphatic rings. The maximum absolute atomic E-state index is 12.2. The molecule has 21 heavy (non-hydrogen) atoms. The zero-order chi connectivity index (χ0) is 15.2. The van der Waals surface area contributed by atoms with Crippen LogP contribution < -0.4 is 11.1 Å². The normalized spacial score (nSPS) is 9.86. The highest BCUT2D eigenvalue weighted by Gasteiger charge is 2.09. The third-order valence-electron chi connectivity index (χ3n) is 3.04. The van der Waals surface area contributed by atoms with Crippen molar-refractivity contribution in [2.75, 3.05) is 6.54 Å². The van der Waals surface area contributed by atoms with Gasteiger partial charge < -0.3 is 11.1 Å². The molecule has 0 radical (unpaired) electrons. The summed E-state index contributed by atoms with van der Waals surface area (Å²) in [6, 6.07) is 9.82. The van der Waals surface area contributed by atoms with Crippen LogP contribution in [-0.2, 0) is 6.54 Å². The number of benzene rings is 1. The first-order chi connectivity index (χ1) is 10.1. The SMILES string of the molecule is Cc1ccc(C)c(C(=O)NCc2ccc(C#CCN)s2)c1. The first-order valence-electron chi connectivity index (χ1n) is 6.73.